The second-order valence-corrected chi connectivity index (χ2v) is 7.90. The molecule has 0 aliphatic carbocycles. The van der Waals surface area contributed by atoms with Gasteiger partial charge in [0.2, 0.25) is 5.91 Å². The SMILES string of the molecule is C=CCNC(=O)C(C)Sc1nc2ccc(Cl)cc2c(=O)n1CC(C)C. The first kappa shape index (κ1) is 19.5. The molecule has 7 heteroatoms. The molecule has 1 heterocycles. The molecule has 25 heavy (non-hydrogen) atoms. The van der Waals surface area contributed by atoms with Crippen molar-refractivity contribution in [1.29, 1.82) is 0 Å². The molecular weight excluding hydrogens is 358 g/mol. The molecule has 0 saturated heterocycles. The molecule has 0 saturated carbocycles. The number of hydrogen-bond donors (Lipinski definition) is 1. The van der Waals surface area contributed by atoms with Gasteiger partial charge in [-0.3, -0.25) is 14.2 Å². The normalized spacial score (nSPS) is 12.4. The number of rotatable bonds is 7. The highest BCUT2D eigenvalue weighted by atomic mass is 35.5. The van der Waals surface area contributed by atoms with Crippen molar-refractivity contribution in [1.82, 2.24) is 14.9 Å². The number of halogens is 1. The molecule has 1 atom stereocenters. The Labute approximate surface area is 156 Å². The smallest absolute Gasteiger partial charge is 0.262 e. The van der Waals surface area contributed by atoms with E-state index >= 15 is 0 Å². The van der Waals surface area contributed by atoms with Gasteiger partial charge in [-0.2, -0.15) is 0 Å². The first-order valence-electron chi connectivity index (χ1n) is 8.08. The van der Waals surface area contributed by atoms with E-state index in [1.807, 2.05) is 13.8 Å². The first-order chi connectivity index (χ1) is 11.8. The van der Waals surface area contributed by atoms with Crippen molar-refractivity contribution in [2.45, 2.75) is 37.7 Å². The van der Waals surface area contributed by atoms with Gasteiger partial charge >= 0.3 is 0 Å². The summed E-state index contributed by atoms with van der Waals surface area (Å²) in [5.74, 6) is 0.145. The summed E-state index contributed by atoms with van der Waals surface area (Å²) in [6.07, 6.45) is 1.63. The van der Waals surface area contributed by atoms with Crippen LogP contribution in [0.5, 0.6) is 0 Å². The van der Waals surface area contributed by atoms with E-state index in [1.165, 1.54) is 11.8 Å². The van der Waals surface area contributed by atoms with Crippen molar-refractivity contribution in [3.8, 4) is 0 Å². The minimum Gasteiger partial charge on any atom is -0.352 e. The number of thioether (sulfide) groups is 1. The topological polar surface area (TPSA) is 64.0 Å². The van der Waals surface area contributed by atoms with Gasteiger partial charge in [-0.05, 0) is 31.0 Å². The Morgan fingerprint density at radius 2 is 2.16 bits per heavy atom. The van der Waals surface area contributed by atoms with E-state index in [2.05, 4.69) is 16.9 Å². The van der Waals surface area contributed by atoms with E-state index in [0.717, 1.165) is 0 Å². The fourth-order valence-electron chi connectivity index (χ4n) is 2.32. The molecule has 0 bridgehead atoms. The summed E-state index contributed by atoms with van der Waals surface area (Å²) in [5, 5.41) is 3.91. The molecule has 0 aliphatic heterocycles. The van der Waals surface area contributed by atoms with Crippen molar-refractivity contribution >= 4 is 40.2 Å². The van der Waals surface area contributed by atoms with Gasteiger partial charge in [0, 0.05) is 18.1 Å². The van der Waals surface area contributed by atoms with Crippen LogP contribution < -0.4 is 10.9 Å². The van der Waals surface area contributed by atoms with E-state index in [0.29, 0.717) is 34.2 Å². The Balaban J connectivity index is 2.46. The summed E-state index contributed by atoms with van der Waals surface area (Å²) in [5.41, 5.74) is 0.443. The minimum atomic E-state index is -0.380. The fourth-order valence-corrected chi connectivity index (χ4v) is 3.43. The molecule has 1 aromatic heterocycles. The second-order valence-electron chi connectivity index (χ2n) is 6.16. The summed E-state index contributed by atoms with van der Waals surface area (Å²) in [6, 6.07) is 5.07. The molecule has 1 amide bonds. The highest BCUT2D eigenvalue weighted by molar-refractivity contribution is 8.00. The predicted octanol–water partition coefficient (Wildman–Crippen LogP) is 3.49. The Bertz CT molecular complexity index is 848. The van der Waals surface area contributed by atoms with E-state index in [9.17, 15) is 9.59 Å². The van der Waals surface area contributed by atoms with Gasteiger partial charge in [-0.25, -0.2) is 4.98 Å². The molecule has 2 rings (SSSR count). The number of amides is 1. The third kappa shape index (κ3) is 4.86. The molecule has 1 N–H and O–H groups in total. The van der Waals surface area contributed by atoms with Crippen LogP contribution in [-0.4, -0.2) is 27.3 Å². The van der Waals surface area contributed by atoms with Crippen LogP contribution in [0, 0.1) is 5.92 Å². The largest absolute Gasteiger partial charge is 0.352 e. The van der Waals surface area contributed by atoms with E-state index in [1.54, 1.807) is 35.8 Å². The zero-order chi connectivity index (χ0) is 18.6. The predicted molar refractivity (Wildman–Crippen MR) is 104 cm³/mol. The number of carbonyl (C=O) groups excluding carboxylic acids is 1. The van der Waals surface area contributed by atoms with Crippen LogP contribution in [0.1, 0.15) is 20.8 Å². The van der Waals surface area contributed by atoms with Gasteiger partial charge in [0.15, 0.2) is 5.16 Å². The van der Waals surface area contributed by atoms with Crippen molar-refractivity contribution in [2.75, 3.05) is 6.54 Å². The maximum atomic E-state index is 12.9. The zero-order valence-corrected chi connectivity index (χ0v) is 16.2. The Kier molecular flexibility index (Phi) is 6.67. The quantitative estimate of drug-likeness (QED) is 0.454. The summed E-state index contributed by atoms with van der Waals surface area (Å²) in [7, 11) is 0. The number of aromatic nitrogens is 2. The van der Waals surface area contributed by atoms with E-state index in [4.69, 9.17) is 11.6 Å². The monoisotopic (exact) mass is 379 g/mol. The Morgan fingerprint density at radius 1 is 1.44 bits per heavy atom. The number of nitrogens with zero attached hydrogens (tertiary/aromatic N) is 2. The lowest BCUT2D eigenvalue weighted by Gasteiger charge is -2.17. The first-order valence-corrected chi connectivity index (χ1v) is 9.34. The van der Waals surface area contributed by atoms with Crippen LogP contribution in [0.15, 0.2) is 40.8 Å². The van der Waals surface area contributed by atoms with Gasteiger partial charge in [0.05, 0.1) is 16.2 Å². The third-order valence-corrected chi connectivity index (χ3v) is 4.83. The van der Waals surface area contributed by atoms with Crippen molar-refractivity contribution in [3.63, 3.8) is 0 Å². The van der Waals surface area contributed by atoms with Crippen LogP contribution in [-0.2, 0) is 11.3 Å². The molecule has 5 nitrogen and oxygen atoms in total. The number of benzene rings is 1. The molecule has 0 spiro atoms. The number of carbonyl (C=O) groups is 1. The van der Waals surface area contributed by atoms with Crippen LogP contribution >= 0.6 is 23.4 Å². The van der Waals surface area contributed by atoms with Crippen molar-refractivity contribution in [2.24, 2.45) is 5.92 Å². The molecule has 2 aromatic rings. The van der Waals surface area contributed by atoms with Crippen molar-refractivity contribution in [3.05, 3.63) is 46.2 Å². The fraction of sp³-hybridized carbons (Fsp3) is 0.389. The molecule has 1 aromatic carbocycles. The number of nitrogens with one attached hydrogen (secondary N) is 1. The van der Waals surface area contributed by atoms with Crippen LogP contribution in [0.25, 0.3) is 10.9 Å². The van der Waals surface area contributed by atoms with Crippen LogP contribution in [0.3, 0.4) is 0 Å². The van der Waals surface area contributed by atoms with Crippen LogP contribution in [0.2, 0.25) is 5.02 Å². The minimum absolute atomic E-state index is 0.119. The summed E-state index contributed by atoms with van der Waals surface area (Å²) < 4.78 is 1.63. The Hall–Kier alpha value is -1.79. The number of fused-ring (bicyclic) bond motifs is 1. The lowest BCUT2D eigenvalue weighted by atomic mass is 10.2. The average Bonchev–Trinajstić information content (AvgIpc) is 2.56. The summed E-state index contributed by atoms with van der Waals surface area (Å²) >= 11 is 7.30. The maximum Gasteiger partial charge on any atom is 0.262 e. The second kappa shape index (κ2) is 8.54. The highest BCUT2D eigenvalue weighted by Gasteiger charge is 2.19. The highest BCUT2D eigenvalue weighted by Crippen LogP contribution is 2.24. The summed E-state index contributed by atoms with van der Waals surface area (Å²) in [4.78, 5) is 29.6. The Morgan fingerprint density at radius 3 is 2.80 bits per heavy atom. The summed E-state index contributed by atoms with van der Waals surface area (Å²) in [6.45, 7) is 10.4. The van der Waals surface area contributed by atoms with Crippen LogP contribution in [0.4, 0.5) is 0 Å². The van der Waals surface area contributed by atoms with E-state index < -0.39 is 0 Å². The van der Waals surface area contributed by atoms with E-state index in [-0.39, 0.29) is 22.6 Å². The molecule has 134 valence electrons. The third-order valence-electron chi connectivity index (χ3n) is 3.50. The molecule has 0 fully saturated rings. The lowest BCUT2D eigenvalue weighted by Crippen LogP contribution is -2.32. The van der Waals surface area contributed by atoms with Gasteiger partial charge in [-0.15, -0.1) is 6.58 Å². The molecule has 0 radical (unpaired) electrons. The van der Waals surface area contributed by atoms with Gasteiger partial charge < -0.3 is 5.32 Å². The standard InChI is InChI=1S/C18H22ClN3O2S/c1-5-8-20-16(23)12(4)25-18-21-15-7-6-13(19)9-14(15)17(24)22(18)10-11(2)3/h5-7,9,11-12H,1,8,10H2,2-4H3,(H,20,23). The lowest BCUT2D eigenvalue weighted by molar-refractivity contribution is -0.120. The van der Waals surface area contributed by atoms with Crippen molar-refractivity contribution < 1.29 is 4.79 Å². The molecule has 0 aliphatic rings. The number of hydrogen-bond acceptors (Lipinski definition) is 4. The maximum absolute atomic E-state index is 12.9. The average molecular weight is 380 g/mol. The molecular formula is C18H22ClN3O2S. The van der Waals surface area contributed by atoms with Gasteiger partial charge in [0.25, 0.3) is 5.56 Å². The van der Waals surface area contributed by atoms with Gasteiger partial charge in [-0.1, -0.05) is 43.3 Å². The zero-order valence-electron chi connectivity index (χ0n) is 14.6. The molecule has 1 unspecified atom stereocenters. The van der Waals surface area contributed by atoms with Gasteiger partial charge in [0.1, 0.15) is 0 Å².